The monoisotopic (exact) mass is 312 g/mol. The fourth-order valence-electron chi connectivity index (χ4n) is 2.19. The Hall–Kier alpha value is -1.10. The van der Waals surface area contributed by atoms with Crippen LogP contribution >= 0.6 is 23.2 Å². The van der Waals surface area contributed by atoms with E-state index < -0.39 is 0 Å². The number of rotatable bonds is 5. The first kappa shape index (κ1) is 15.3. The predicted octanol–water partition coefficient (Wildman–Crippen LogP) is 3.41. The summed E-state index contributed by atoms with van der Waals surface area (Å²) in [5, 5.41) is 5.78. The van der Waals surface area contributed by atoms with Gasteiger partial charge in [0.2, 0.25) is 0 Å². The minimum absolute atomic E-state index is 0.298. The third-order valence-electron chi connectivity index (χ3n) is 3.25. The smallest absolute Gasteiger partial charge is 0.0850 e. The zero-order valence-corrected chi connectivity index (χ0v) is 13.1. The highest BCUT2D eigenvalue weighted by molar-refractivity contribution is 6.32. The van der Waals surface area contributed by atoms with Crippen molar-refractivity contribution in [1.82, 2.24) is 14.8 Å². The summed E-state index contributed by atoms with van der Waals surface area (Å²) in [7, 11) is 0. The van der Waals surface area contributed by atoms with Crippen LogP contribution in [-0.4, -0.2) is 14.8 Å². The van der Waals surface area contributed by atoms with Crippen molar-refractivity contribution in [2.45, 2.75) is 39.3 Å². The van der Waals surface area contributed by atoms with E-state index in [-0.39, 0.29) is 6.04 Å². The Morgan fingerprint density at radius 2 is 2.10 bits per heavy atom. The summed E-state index contributed by atoms with van der Waals surface area (Å²) in [6.45, 7) is 4.83. The summed E-state index contributed by atoms with van der Waals surface area (Å²) in [6, 6.07) is 3.28. The van der Waals surface area contributed by atoms with Gasteiger partial charge in [-0.3, -0.25) is 9.67 Å². The molecule has 0 saturated heterocycles. The molecule has 0 radical (unpaired) electrons. The normalized spacial score (nSPS) is 12.7. The summed E-state index contributed by atoms with van der Waals surface area (Å²) in [5.41, 5.74) is 8.76. The van der Waals surface area contributed by atoms with Crippen molar-refractivity contribution in [1.29, 1.82) is 0 Å². The molecule has 0 bridgehead atoms. The van der Waals surface area contributed by atoms with Gasteiger partial charge in [0.15, 0.2) is 0 Å². The summed E-state index contributed by atoms with van der Waals surface area (Å²) >= 11 is 12.5. The highest BCUT2D eigenvalue weighted by atomic mass is 35.5. The van der Waals surface area contributed by atoms with Gasteiger partial charge >= 0.3 is 0 Å². The fourth-order valence-corrected chi connectivity index (χ4v) is 2.80. The Balaban J connectivity index is 2.30. The molecule has 0 aliphatic rings. The third-order valence-corrected chi connectivity index (χ3v) is 4.00. The van der Waals surface area contributed by atoms with Gasteiger partial charge in [0.05, 0.1) is 33.2 Å². The summed E-state index contributed by atoms with van der Waals surface area (Å²) < 4.78 is 1.90. The van der Waals surface area contributed by atoms with E-state index in [4.69, 9.17) is 28.9 Å². The van der Waals surface area contributed by atoms with E-state index in [9.17, 15) is 0 Å². The molecule has 0 aliphatic carbocycles. The summed E-state index contributed by atoms with van der Waals surface area (Å²) in [5.74, 6) is 0. The van der Waals surface area contributed by atoms with E-state index >= 15 is 0 Å². The number of halogens is 2. The maximum Gasteiger partial charge on any atom is 0.0850 e. The Morgan fingerprint density at radius 3 is 2.70 bits per heavy atom. The average molecular weight is 313 g/mol. The van der Waals surface area contributed by atoms with Gasteiger partial charge in [0.25, 0.3) is 0 Å². The molecule has 6 heteroatoms. The van der Waals surface area contributed by atoms with Crippen LogP contribution in [0, 0.1) is 0 Å². The lowest BCUT2D eigenvalue weighted by atomic mass is 10.1. The Kier molecular flexibility index (Phi) is 5.02. The van der Waals surface area contributed by atoms with Gasteiger partial charge in [-0.25, -0.2) is 0 Å². The quantitative estimate of drug-likeness (QED) is 0.920. The molecule has 0 saturated carbocycles. The molecule has 0 aliphatic heterocycles. The molecule has 0 fully saturated rings. The van der Waals surface area contributed by atoms with Crippen LogP contribution in [0.15, 0.2) is 18.3 Å². The zero-order chi connectivity index (χ0) is 14.7. The second-order valence-corrected chi connectivity index (χ2v) is 5.34. The van der Waals surface area contributed by atoms with Crippen molar-refractivity contribution in [2.24, 2.45) is 5.73 Å². The zero-order valence-electron chi connectivity index (χ0n) is 11.6. The second-order valence-electron chi connectivity index (χ2n) is 4.56. The van der Waals surface area contributed by atoms with E-state index in [0.29, 0.717) is 22.2 Å². The van der Waals surface area contributed by atoms with Crippen LogP contribution in [0.4, 0.5) is 0 Å². The van der Waals surface area contributed by atoms with Crippen molar-refractivity contribution < 1.29 is 0 Å². The number of pyridine rings is 1. The second kappa shape index (κ2) is 6.57. The lowest BCUT2D eigenvalue weighted by molar-refractivity contribution is 0.580. The van der Waals surface area contributed by atoms with Crippen molar-refractivity contribution in [3.05, 3.63) is 45.5 Å². The molecule has 0 aromatic carbocycles. The molecule has 2 heterocycles. The molecule has 0 spiro atoms. The number of nitrogens with zero attached hydrogens (tertiary/aromatic N) is 3. The molecule has 1 unspecified atom stereocenters. The number of hydrogen-bond donors (Lipinski definition) is 1. The highest BCUT2D eigenvalue weighted by Gasteiger charge is 2.19. The number of aromatic nitrogens is 3. The van der Waals surface area contributed by atoms with Gasteiger partial charge in [0.1, 0.15) is 0 Å². The first-order valence-corrected chi connectivity index (χ1v) is 7.44. The predicted molar refractivity (Wildman–Crippen MR) is 82.2 cm³/mol. The van der Waals surface area contributed by atoms with Crippen molar-refractivity contribution in [3.63, 3.8) is 0 Å². The first-order chi connectivity index (χ1) is 9.58. The largest absolute Gasteiger partial charge is 0.322 e. The molecule has 1 atom stereocenters. The number of nitrogens with two attached hydrogens (primary N) is 1. The van der Waals surface area contributed by atoms with Crippen molar-refractivity contribution in [2.75, 3.05) is 0 Å². The molecular weight excluding hydrogens is 295 g/mol. The average Bonchev–Trinajstić information content (AvgIpc) is 2.75. The van der Waals surface area contributed by atoms with Crippen LogP contribution < -0.4 is 5.73 Å². The Morgan fingerprint density at radius 1 is 1.35 bits per heavy atom. The Labute approximate surface area is 128 Å². The molecule has 4 nitrogen and oxygen atoms in total. The maximum atomic E-state index is 6.39. The van der Waals surface area contributed by atoms with Gasteiger partial charge in [-0.05, 0) is 25.5 Å². The van der Waals surface area contributed by atoms with Crippen LogP contribution in [0.25, 0.3) is 0 Å². The van der Waals surface area contributed by atoms with Gasteiger partial charge in [-0.15, -0.1) is 0 Å². The molecule has 2 aromatic rings. The Bertz CT molecular complexity index is 595. The van der Waals surface area contributed by atoms with E-state index in [0.717, 1.165) is 24.4 Å². The van der Waals surface area contributed by atoms with E-state index in [2.05, 4.69) is 10.1 Å². The fraction of sp³-hybridized carbons (Fsp3) is 0.429. The van der Waals surface area contributed by atoms with E-state index in [1.165, 1.54) is 0 Å². The summed E-state index contributed by atoms with van der Waals surface area (Å²) in [6.07, 6.45) is 3.06. The van der Waals surface area contributed by atoms with Crippen LogP contribution in [0.2, 0.25) is 10.0 Å². The maximum absolute atomic E-state index is 6.39. The van der Waals surface area contributed by atoms with Gasteiger partial charge in [0, 0.05) is 19.2 Å². The molecule has 108 valence electrons. The van der Waals surface area contributed by atoms with Crippen molar-refractivity contribution in [3.8, 4) is 0 Å². The minimum Gasteiger partial charge on any atom is -0.322 e. The van der Waals surface area contributed by atoms with Crippen LogP contribution in [0.1, 0.15) is 37.0 Å². The third kappa shape index (κ3) is 2.97. The van der Waals surface area contributed by atoms with Crippen LogP contribution in [-0.2, 0) is 19.4 Å². The van der Waals surface area contributed by atoms with E-state index in [1.807, 2.05) is 18.5 Å². The molecule has 2 rings (SSSR count). The van der Waals surface area contributed by atoms with Crippen molar-refractivity contribution >= 4 is 23.2 Å². The lowest BCUT2D eigenvalue weighted by Gasteiger charge is -2.13. The minimum atomic E-state index is -0.298. The van der Waals surface area contributed by atoms with Gasteiger partial charge in [-0.2, -0.15) is 5.10 Å². The lowest BCUT2D eigenvalue weighted by Crippen LogP contribution is -2.18. The topological polar surface area (TPSA) is 56.7 Å². The first-order valence-electron chi connectivity index (χ1n) is 6.68. The van der Waals surface area contributed by atoms with Gasteiger partial charge in [-0.1, -0.05) is 30.1 Å². The molecule has 2 N–H and O–H groups in total. The molecular formula is C14H18Cl2N4. The van der Waals surface area contributed by atoms with Gasteiger partial charge < -0.3 is 5.73 Å². The molecule has 0 amide bonds. The summed E-state index contributed by atoms with van der Waals surface area (Å²) in [4.78, 5) is 4.26. The highest BCUT2D eigenvalue weighted by Crippen LogP contribution is 2.27. The number of hydrogen-bond acceptors (Lipinski definition) is 3. The molecule has 20 heavy (non-hydrogen) atoms. The SMILES string of the molecule is CCc1nn(CC)c(CC(N)c2ncccc2Cl)c1Cl. The number of aryl methyl sites for hydroxylation is 2. The van der Waals surface area contributed by atoms with E-state index in [1.54, 1.807) is 18.3 Å². The van der Waals surface area contributed by atoms with Crippen LogP contribution in [0.5, 0.6) is 0 Å². The standard InChI is InChI=1S/C14H18Cl2N4/c1-3-11-13(16)12(20(4-2)19-11)8-10(17)14-9(15)6-5-7-18-14/h5-7,10H,3-4,8,17H2,1-2H3. The molecule has 2 aromatic heterocycles. The van der Waals surface area contributed by atoms with Crippen LogP contribution in [0.3, 0.4) is 0 Å².